The number of hydrogen-bond donors (Lipinski definition) is 1. The van der Waals surface area contributed by atoms with Crippen LogP contribution in [0.5, 0.6) is 0 Å². The van der Waals surface area contributed by atoms with Crippen LogP contribution in [-0.2, 0) is 6.54 Å². The Morgan fingerprint density at radius 2 is 2.21 bits per heavy atom. The molecule has 1 N–H and O–H groups in total. The maximum Gasteiger partial charge on any atom is 0.146 e. The second kappa shape index (κ2) is 6.06. The van der Waals surface area contributed by atoms with Gasteiger partial charge in [0.15, 0.2) is 0 Å². The van der Waals surface area contributed by atoms with Crippen molar-refractivity contribution in [3.8, 4) is 0 Å². The minimum Gasteiger partial charge on any atom is -0.377 e. The van der Waals surface area contributed by atoms with Crippen molar-refractivity contribution in [2.75, 3.05) is 5.32 Å². The largest absolute Gasteiger partial charge is 0.377 e. The van der Waals surface area contributed by atoms with Crippen molar-refractivity contribution < 1.29 is 4.39 Å². The highest BCUT2D eigenvalue weighted by Gasteiger charge is 2.06. The quantitative estimate of drug-likeness (QED) is 0.887. The summed E-state index contributed by atoms with van der Waals surface area (Å²) in [5, 5.41) is 7.96. The van der Waals surface area contributed by atoms with Crippen LogP contribution in [0.2, 0.25) is 5.02 Å². The topological polar surface area (TPSA) is 29.9 Å². The molecular formula is C14H17ClFN3. The van der Waals surface area contributed by atoms with Gasteiger partial charge >= 0.3 is 0 Å². The van der Waals surface area contributed by atoms with E-state index in [1.54, 1.807) is 6.07 Å². The molecule has 1 aromatic heterocycles. The summed E-state index contributed by atoms with van der Waals surface area (Å²) >= 11 is 5.84. The molecule has 5 heteroatoms. The molecule has 0 fully saturated rings. The van der Waals surface area contributed by atoms with Gasteiger partial charge in [-0.05, 0) is 37.6 Å². The van der Waals surface area contributed by atoms with Crippen LogP contribution in [0.4, 0.5) is 10.1 Å². The van der Waals surface area contributed by atoms with Gasteiger partial charge in [-0.3, -0.25) is 4.68 Å². The third-order valence-corrected chi connectivity index (χ3v) is 3.33. The van der Waals surface area contributed by atoms with Crippen molar-refractivity contribution in [3.05, 3.63) is 47.0 Å². The van der Waals surface area contributed by atoms with Crippen molar-refractivity contribution in [2.45, 2.75) is 32.9 Å². The molecule has 102 valence electrons. The highest BCUT2D eigenvalue weighted by Crippen LogP contribution is 2.20. The molecule has 1 unspecified atom stereocenters. The number of rotatable bonds is 5. The fourth-order valence-electron chi connectivity index (χ4n) is 1.72. The van der Waals surface area contributed by atoms with Crippen molar-refractivity contribution in [1.82, 2.24) is 9.78 Å². The highest BCUT2D eigenvalue weighted by molar-refractivity contribution is 6.30. The number of nitrogens with zero attached hydrogens (tertiary/aromatic N) is 2. The Kier molecular flexibility index (Phi) is 4.43. The first-order valence-corrected chi connectivity index (χ1v) is 6.71. The second-order valence-corrected chi connectivity index (χ2v) is 4.96. The first kappa shape index (κ1) is 13.9. The van der Waals surface area contributed by atoms with E-state index in [0.29, 0.717) is 23.3 Å². The van der Waals surface area contributed by atoms with Gasteiger partial charge in [0.2, 0.25) is 0 Å². The van der Waals surface area contributed by atoms with Crippen LogP contribution in [0.1, 0.15) is 32.0 Å². The zero-order valence-electron chi connectivity index (χ0n) is 11.0. The van der Waals surface area contributed by atoms with Crippen molar-refractivity contribution in [1.29, 1.82) is 0 Å². The summed E-state index contributed by atoms with van der Waals surface area (Å²) < 4.78 is 15.4. The second-order valence-electron chi connectivity index (χ2n) is 4.52. The van der Waals surface area contributed by atoms with Gasteiger partial charge < -0.3 is 5.32 Å². The van der Waals surface area contributed by atoms with Crippen LogP contribution in [0.25, 0.3) is 0 Å². The minimum atomic E-state index is -0.314. The van der Waals surface area contributed by atoms with Gasteiger partial charge in [-0.1, -0.05) is 18.5 Å². The Labute approximate surface area is 117 Å². The third kappa shape index (κ3) is 3.47. The Bertz CT molecular complexity index is 553. The number of halogens is 2. The molecule has 0 aliphatic heterocycles. The van der Waals surface area contributed by atoms with Crippen LogP contribution in [0.3, 0.4) is 0 Å². The predicted molar refractivity (Wildman–Crippen MR) is 76.0 cm³/mol. The van der Waals surface area contributed by atoms with Gasteiger partial charge in [0, 0.05) is 17.3 Å². The Morgan fingerprint density at radius 3 is 2.95 bits per heavy atom. The van der Waals surface area contributed by atoms with Gasteiger partial charge in [0.05, 0.1) is 17.9 Å². The average Bonchev–Trinajstić information content (AvgIpc) is 2.88. The Morgan fingerprint density at radius 1 is 1.42 bits per heavy atom. The summed E-state index contributed by atoms with van der Waals surface area (Å²) in [6, 6.07) is 6.75. The molecule has 1 atom stereocenters. The molecule has 0 saturated heterocycles. The fraction of sp³-hybridized carbons (Fsp3) is 0.357. The van der Waals surface area contributed by atoms with Crippen LogP contribution in [-0.4, -0.2) is 9.78 Å². The van der Waals surface area contributed by atoms with E-state index in [2.05, 4.69) is 24.3 Å². The van der Waals surface area contributed by atoms with E-state index in [0.717, 1.165) is 12.1 Å². The molecule has 1 heterocycles. The van der Waals surface area contributed by atoms with E-state index in [1.807, 2.05) is 16.9 Å². The molecule has 0 spiro atoms. The first-order chi connectivity index (χ1) is 9.10. The van der Waals surface area contributed by atoms with E-state index < -0.39 is 0 Å². The molecule has 2 aromatic rings. The summed E-state index contributed by atoms with van der Waals surface area (Å²) in [5.74, 6) is -0.314. The Hall–Kier alpha value is -1.55. The van der Waals surface area contributed by atoms with E-state index in [9.17, 15) is 4.39 Å². The van der Waals surface area contributed by atoms with Crippen LogP contribution >= 0.6 is 11.6 Å². The summed E-state index contributed by atoms with van der Waals surface area (Å²) in [7, 11) is 0. The van der Waals surface area contributed by atoms with E-state index in [1.165, 1.54) is 12.1 Å². The number of hydrogen-bond acceptors (Lipinski definition) is 2. The van der Waals surface area contributed by atoms with E-state index in [-0.39, 0.29) is 5.82 Å². The van der Waals surface area contributed by atoms with Crippen LogP contribution in [0, 0.1) is 5.82 Å². The van der Waals surface area contributed by atoms with Crippen LogP contribution in [0.15, 0.2) is 30.5 Å². The molecule has 0 amide bonds. The first-order valence-electron chi connectivity index (χ1n) is 6.33. The van der Waals surface area contributed by atoms with E-state index in [4.69, 9.17) is 11.6 Å². The van der Waals surface area contributed by atoms with Gasteiger partial charge in [-0.15, -0.1) is 0 Å². The van der Waals surface area contributed by atoms with Crippen molar-refractivity contribution in [3.63, 3.8) is 0 Å². The maximum absolute atomic E-state index is 13.5. The summed E-state index contributed by atoms with van der Waals surface area (Å²) in [6.07, 6.45) is 2.97. The van der Waals surface area contributed by atoms with Gasteiger partial charge in [-0.2, -0.15) is 5.10 Å². The lowest BCUT2D eigenvalue weighted by Crippen LogP contribution is -2.07. The predicted octanol–water partition coefficient (Wildman–Crippen LogP) is 4.26. The maximum atomic E-state index is 13.5. The summed E-state index contributed by atoms with van der Waals surface area (Å²) in [5.41, 5.74) is 1.27. The van der Waals surface area contributed by atoms with Gasteiger partial charge in [0.1, 0.15) is 5.82 Å². The molecule has 0 bridgehead atoms. The molecule has 2 rings (SSSR count). The highest BCUT2D eigenvalue weighted by atomic mass is 35.5. The third-order valence-electron chi connectivity index (χ3n) is 3.09. The zero-order chi connectivity index (χ0) is 13.8. The normalized spacial score (nSPS) is 12.4. The van der Waals surface area contributed by atoms with Crippen molar-refractivity contribution >= 4 is 17.3 Å². The van der Waals surface area contributed by atoms with Crippen LogP contribution < -0.4 is 5.32 Å². The molecule has 0 aliphatic carbocycles. The SMILES string of the molecule is CCC(C)n1ccc(CNc2cc(Cl)ccc2F)n1. The number of nitrogens with one attached hydrogen (secondary N) is 1. The number of aromatic nitrogens is 2. The van der Waals surface area contributed by atoms with Gasteiger partial charge in [0.25, 0.3) is 0 Å². The number of anilines is 1. The minimum absolute atomic E-state index is 0.314. The lowest BCUT2D eigenvalue weighted by Gasteiger charge is -2.09. The molecular weight excluding hydrogens is 265 g/mol. The molecule has 0 saturated carbocycles. The zero-order valence-corrected chi connectivity index (χ0v) is 11.8. The lowest BCUT2D eigenvalue weighted by atomic mass is 10.3. The Balaban J connectivity index is 2.02. The molecule has 19 heavy (non-hydrogen) atoms. The monoisotopic (exact) mass is 281 g/mol. The molecule has 1 aromatic carbocycles. The van der Waals surface area contributed by atoms with Gasteiger partial charge in [-0.25, -0.2) is 4.39 Å². The van der Waals surface area contributed by atoms with E-state index >= 15 is 0 Å². The number of benzene rings is 1. The summed E-state index contributed by atoms with van der Waals surface area (Å²) in [4.78, 5) is 0. The van der Waals surface area contributed by atoms with Crippen molar-refractivity contribution in [2.24, 2.45) is 0 Å². The molecule has 0 aliphatic rings. The standard InChI is InChI=1S/C14H17ClFN3/c1-3-10(2)19-7-6-12(18-19)9-17-14-8-11(15)4-5-13(14)16/h4-8,10,17H,3,9H2,1-2H3. The molecule has 0 radical (unpaired) electrons. The average molecular weight is 282 g/mol. The molecule has 3 nitrogen and oxygen atoms in total. The fourth-order valence-corrected chi connectivity index (χ4v) is 1.90. The summed E-state index contributed by atoms with van der Waals surface area (Å²) in [6.45, 7) is 4.70. The smallest absolute Gasteiger partial charge is 0.146 e. The lowest BCUT2D eigenvalue weighted by molar-refractivity contribution is 0.474.